The van der Waals surface area contributed by atoms with E-state index in [9.17, 15) is 18.0 Å². The zero-order valence-electron chi connectivity index (χ0n) is 11.8. The summed E-state index contributed by atoms with van der Waals surface area (Å²) in [7, 11) is -2.57. The largest absolute Gasteiger partial charge is 0.480 e. The number of methoxy groups -OCH3 is 1. The van der Waals surface area contributed by atoms with Crippen LogP contribution in [0, 0.1) is 5.41 Å². The summed E-state index contributed by atoms with van der Waals surface area (Å²) in [5.74, 6) is -2.11. The van der Waals surface area contributed by atoms with E-state index in [0.717, 1.165) is 10.7 Å². The van der Waals surface area contributed by atoms with Crippen molar-refractivity contribution < 1.29 is 27.9 Å². The maximum absolute atomic E-state index is 12.3. The van der Waals surface area contributed by atoms with Crippen molar-refractivity contribution in [2.45, 2.75) is 32.6 Å². The number of ether oxygens (including phenoxy) is 1. The van der Waals surface area contributed by atoms with Crippen molar-refractivity contribution >= 4 is 22.0 Å². The lowest BCUT2D eigenvalue weighted by Crippen LogP contribution is -2.49. The fourth-order valence-electron chi connectivity index (χ4n) is 2.38. The molecule has 0 radical (unpaired) electrons. The average molecular weight is 307 g/mol. The van der Waals surface area contributed by atoms with Crippen molar-refractivity contribution in [1.29, 1.82) is 0 Å². The molecule has 0 saturated heterocycles. The highest BCUT2D eigenvalue weighted by molar-refractivity contribution is 7.89. The van der Waals surface area contributed by atoms with Crippen LogP contribution in [0.4, 0.5) is 0 Å². The Labute approximate surface area is 118 Å². The molecule has 20 heavy (non-hydrogen) atoms. The van der Waals surface area contributed by atoms with Gasteiger partial charge in [0.15, 0.2) is 0 Å². The summed E-state index contributed by atoms with van der Waals surface area (Å²) in [5, 5.41) is 8.80. The van der Waals surface area contributed by atoms with Gasteiger partial charge in [-0.2, -0.15) is 4.31 Å². The van der Waals surface area contributed by atoms with Crippen molar-refractivity contribution in [3.8, 4) is 0 Å². The average Bonchev–Trinajstić information content (AvgIpc) is 2.32. The number of aliphatic carboxylic acids is 1. The number of rotatable bonds is 8. The second-order valence-electron chi connectivity index (χ2n) is 5.11. The molecule has 1 N–H and O–H groups in total. The number of nitrogens with zero attached hydrogens (tertiary/aromatic N) is 1. The summed E-state index contributed by atoms with van der Waals surface area (Å²) >= 11 is 0. The Bertz CT molecular complexity index is 468. The van der Waals surface area contributed by atoms with E-state index in [4.69, 9.17) is 5.11 Å². The standard InChI is InChI=1S/C12H21NO6S/c1-3-7-13(8-10(14)15)20(17,18)9-12(5-4-6-12)11(16)19-2/h3-9H2,1-2H3,(H,14,15). The summed E-state index contributed by atoms with van der Waals surface area (Å²) in [6, 6.07) is 0. The van der Waals surface area contributed by atoms with E-state index in [0.29, 0.717) is 19.3 Å². The minimum atomic E-state index is -3.80. The topological polar surface area (TPSA) is 101 Å². The van der Waals surface area contributed by atoms with E-state index in [-0.39, 0.29) is 12.3 Å². The quantitative estimate of drug-likeness (QED) is 0.654. The van der Waals surface area contributed by atoms with Gasteiger partial charge in [0.05, 0.1) is 18.3 Å². The first-order valence-corrected chi connectivity index (χ1v) is 8.16. The Morgan fingerprint density at radius 3 is 2.30 bits per heavy atom. The smallest absolute Gasteiger partial charge is 0.318 e. The van der Waals surface area contributed by atoms with Crippen molar-refractivity contribution in [2.75, 3.05) is 26.0 Å². The fraction of sp³-hybridized carbons (Fsp3) is 0.833. The van der Waals surface area contributed by atoms with Gasteiger partial charge in [0.25, 0.3) is 0 Å². The van der Waals surface area contributed by atoms with Gasteiger partial charge in [-0.05, 0) is 19.3 Å². The number of esters is 1. The first kappa shape index (κ1) is 16.9. The van der Waals surface area contributed by atoms with E-state index in [1.54, 1.807) is 6.92 Å². The van der Waals surface area contributed by atoms with Gasteiger partial charge in [-0.25, -0.2) is 8.42 Å². The SMILES string of the molecule is CCCN(CC(=O)O)S(=O)(=O)CC1(C(=O)OC)CCC1. The molecule has 1 aliphatic rings. The highest BCUT2D eigenvalue weighted by Crippen LogP contribution is 2.43. The number of carboxylic acids is 1. The summed E-state index contributed by atoms with van der Waals surface area (Å²) < 4.78 is 30.3. The van der Waals surface area contributed by atoms with E-state index in [1.165, 1.54) is 7.11 Å². The molecule has 0 aliphatic heterocycles. The Morgan fingerprint density at radius 1 is 1.35 bits per heavy atom. The number of hydrogen-bond donors (Lipinski definition) is 1. The van der Waals surface area contributed by atoms with Crippen LogP contribution in [-0.2, 0) is 24.3 Å². The Morgan fingerprint density at radius 2 is 1.95 bits per heavy atom. The highest BCUT2D eigenvalue weighted by atomic mass is 32.2. The summed E-state index contributed by atoms with van der Waals surface area (Å²) in [6.45, 7) is 1.32. The van der Waals surface area contributed by atoms with Gasteiger partial charge in [0.1, 0.15) is 6.54 Å². The third kappa shape index (κ3) is 3.69. The van der Waals surface area contributed by atoms with Crippen LogP contribution in [0.25, 0.3) is 0 Å². The second-order valence-corrected chi connectivity index (χ2v) is 7.08. The first-order valence-electron chi connectivity index (χ1n) is 6.55. The van der Waals surface area contributed by atoms with Gasteiger partial charge in [0.2, 0.25) is 10.0 Å². The molecule has 1 fully saturated rings. The van der Waals surface area contributed by atoms with Crippen LogP contribution < -0.4 is 0 Å². The van der Waals surface area contributed by atoms with E-state index < -0.39 is 33.9 Å². The van der Waals surface area contributed by atoms with E-state index >= 15 is 0 Å². The molecule has 0 bridgehead atoms. The van der Waals surface area contributed by atoms with Crippen LogP contribution in [0.3, 0.4) is 0 Å². The van der Waals surface area contributed by atoms with Crippen molar-refractivity contribution in [3.05, 3.63) is 0 Å². The molecule has 0 heterocycles. The Kier molecular flexibility index (Phi) is 5.52. The molecule has 1 saturated carbocycles. The van der Waals surface area contributed by atoms with Gasteiger partial charge in [-0.3, -0.25) is 9.59 Å². The van der Waals surface area contributed by atoms with Crippen LogP contribution >= 0.6 is 0 Å². The predicted octanol–water partition coefficient (Wildman–Crippen LogP) is 0.456. The van der Waals surface area contributed by atoms with E-state index in [1.807, 2.05) is 0 Å². The number of carbonyl (C=O) groups is 2. The molecule has 0 unspecified atom stereocenters. The monoisotopic (exact) mass is 307 g/mol. The van der Waals surface area contributed by atoms with Gasteiger partial charge < -0.3 is 9.84 Å². The van der Waals surface area contributed by atoms with Crippen LogP contribution in [0.5, 0.6) is 0 Å². The molecule has 1 rings (SSSR count). The lowest BCUT2D eigenvalue weighted by Gasteiger charge is -2.39. The lowest BCUT2D eigenvalue weighted by molar-refractivity contribution is -0.156. The molecule has 0 aromatic rings. The maximum Gasteiger partial charge on any atom is 0.318 e. The molecule has 7 nitrogen and oxygen atoms in total. The third-order valence-electron chi connectivity index (χ3n) is 3.57. The number of carbonyl (C=O) groups excluding carboxylic acids is 1. The number of carboxylic acid groups (broad SMARTS) is 1. The molecule has 116 valence electrons. The molecule has 0 amide bonds. The zero-order valence-corrected chi connectivity index (χ0v) is 12.6. The molecule has 0 aromatic heterocycles. The number of sulfonamides is 1. The molecule has 8 heteroatoms. The van der Waals surface area contributed by atoms with Crippen LogP contribution in [0.2, 0.25) is 0 Å². The zero-order chi connectivity index (χ0) is 15.4. The minimum absolute atomic E-state index is 0.131. The Hall–Kier alpha value is -1.15. The predicted molar refractivity (Wildman–Crippen MR) is 71.6 cm³/mol. The summed E-state index contributed by atoms with van der Waals surface area (Å²) in [6.07, 6.45) is 2.22. The van der Waals surface area contributed by atoms with Crippen LogP contribution in [-0.4, -0.2) is 55.7 Å². The van der Waals surface area contributed by atoms with E-state index in [2.05, 4.69) is 4.74 Å². The van der Waals surface area contributed by atoms with Crippen molar-refractivity contribution in [2.24, 2.45) is 5.41 Å². The molecular formula is C12H21NO6S. The second kappa shape index (κ2) is 6.53. The maximum atomic E-state index is 12.3. The highest BCUT2D eigenvalue weighted by Gasteiger charge is 2.49. The molecule has 1 aliphatic carbocycles. The minimum Gasteiger partial charge on any atom is -0.480 e. The lowest BCUT2D eigenvalue weighted by atomic mass is 9.70. The van der Waals surface area contributed by atoms with Gasteiger partial charge in [-0.15, -0.1) is 0 Å². The van der Waals surface area contributed by atoms with Crippen LogP contribution in [0.1, 0.15) is 32.6 Å². The summed E-state index contributed by atoms with van der Waals surface area (Å²) in [5.41, 5.74) is -1.00. The fourth-order valence-corrected chi connectivity index (χ4v) is 4.44. The van der Waals surface area contributed by atoms with Crippen LogP contribution in [0.15, 0.2) is 0 Å². The first-order chi connectivity index (χ1) is 9.27. The molecule has 0 atom stereocenters. The normalized spacial score (nSPS) is 17.6. The van der Waals surface area contributed by atoms with Crippen molar-refractivity contribution in [1.82, 2.24) is 4.31 Å². The summed E-state index contributed by atoms with van der Waals surface area (Å²) in [4.78, 5) is 22.5. The number of hydrogen-bond acceptors (Lipinski definition) is 5. The Balaban J connectivity index is 2.90. The third-order valence-corrected chi connectivity index (χ3v) is 5.58. The molecule has 0 aromatic carbocycles. The van der Waals surface area contributed by atoms with Gasteiger partial charge >= 0.3 is 11.9 Å². The van der Waals surface area contributed by atoms with Gasteiger partial charge in [-0.1, -0.05) is 13.3 Å². The molecular weight excluding hydrogens is 286 g/mol. The van der Waals surface area contributed by atoms with Gasteiger partial charge in [0, 0.05) is 6.54 Å². The van der Waals surface area contributed by atoms with Crippen molar-refractivity contribution in [3.63, 3.8) is 0 Å². The molecule has 0 spiro atoms.